The van der Waals surface area contributed by atoms with Crippen molar-refractivity contribution >= 4 is 0 Å². The lowest BCUT2D eigenvalue weighted by Crippen LogP contribution is -2.15. The normalized spacial score (nSPS) is 10.8. The molecular formula is C19H12F2N4O. The number of para-hydroxylation sites is 1. The molecule has 0 spiro atoms. The summed E-state index contributed by atoms with van der Waals surface area (Å²) in [7, 11) is 0. The molecule has 26 heavy (non-hydrogen) atoms. The molecule has 0 atom stereocenters. The summed E-state index contributed by atoms with van der Waals surface area (Å²) in [6.45, 7) is 0. The predicted molar refractivity (Wildman–Crippen MR) is 92.3 cm³/mol. The Morgan fingerprint density at radius 1 is 0.885 bits per heavy atom. The van der Waals surface area contributed by atoms with Crippen molar-refractivity contribution in [3.8, 4) is 22.8 Å². The van der Waals surface area contributed by atoms with E-state index in [9.17, 15) is 13.6 Å². The summed E-state index contributed by atoms with van der Waals surface area (Å²) in [5.74, 6) is -2.02. The smallest absolute Gasteiger partial charge is 0.209 e. The third-order valence-corrected chi connectivity index (χ3v) is 3.87. The average Bonchev–Trinajstić information content (AvgIpc) is 3.15. The van der Waals surface area contributed by atoms with Crippen molar-refractivity contribution in [1.82, 2.24) is 19.6 Å². The van der Waals surface area contributed by atoms with Gasteiger partial charge in [-0.25, -0.2) is 18.1 Å². The first kappa shape index (κ1) is 15.9. The molecule has 0 saturated carbocycles. The minimum atomic E-state index is -1.04. The number of hydrogen-bond acceptors (Lipinski definition) is 3. The first-order valence-corrected chi connectivity index (χ1v) is 7.79. The molecule has 0 radical (unpaired) electrons. The number of halogens is 2. The van der Waals surface area contributed by atoms with Crippen LogP contribution in [0.4, 0.5) is 8.78 Å². The fourth-order valence-electron chi connectivity index (χ4n) is 2.65. The summed E-state index contributed by atoms with van der Waals surface area (Å²) < 4.78 is 30.3. The van der Waals surface area contributed by atoms with Crippen molar-refractivity contribution < 1.29 is 8.78 Å². The zero-order chi connectivity index (χ0) is 18.1. The SMILES string of the molecule is O=c1ccn(-c2cccc(F)c2F)nc1-c1ccnn1-c1ccccc1. The molecule has 0 unspecified atom stereocenters. The lowest BCUT2D eigenvalue weighted by molar-refractivity contribution is 0.501. The molecule has 0 fully saturated rings. The van der Waals surface area contributed by atoms with E-state index in [1.165, 1.54) is 24.4 Å². The third-order valence-electron chi connectivity index (χ3n) is 3.87. The van der Waals surface area contributed by atoms with Crippen LogP contribution in [0.15, 0.2) is 77.9 Å². The van der Waals surface area contributed by atoms with Gasteiger partial charge in [0.1, 0.15) is 5.69 Å². The van der Waals surface area contributed by atoms with Crippen molar-refractivity contribution in [2.24, 2.45) is 0 Å². The molecule has 0 aliphatic heterocycles. The zero-order valence-electron chi connectivity index (χ0n) is 13.4. The van der Waals surface area contributed by atoms with Crippen LogP contribution in [0.2, 0.25) is 0 Å². The van der Waals surface area contributed by atoms with Crippen molar-refractivity contribution in [2.75, 3.05) is 0 Å². The minimum absolute atomic E-state index is 0.0810. The predicted octanol–water partition coefficient (Wildman–Crippen LogP) is 3.36. The van der Waals surface area contributed by atoms with Gasteiger partial charge in [-0.2, -0.15) is 10.2 Å². The highest BCUT2D eigenvalue weighted by Crippen LogP contribution is 2.19. The van der Waals surface area contributed by atoms with E-state index < -0.39 is 11.6 Å². The first-order valence-electron chi connectivity index (χ1n) is 7.79. The largest absolute Gasteiger partial charge is 0.287 e. The fourth-order valence-corrected chi connectivity index (χ4v) is 2.65. The number of benzene rings is 2. The van der Waals surface area contributed by atoms with Gasteiger partial charge in [-0.15, -0.1) is 0 Å². The van der Waals surface area contributed by atoms with E-state index in [1.54, 1.807) is 16.9 Å². The van der Waals surface area contributed by atoms with E-state index in [4.69, 9.17) is 0 Å². The Labute approximate surface area is 146 Å². The molecule has 2 heterocycles. The third kappa shape index (κ3) is 2.69. The van der Waals surface area contributed by atoms with Crippen LogP contribution in [0, 0.1) is 11.6 Å². The Kier molecular flexibility index (Phi) is 3.89. The highest BCUT2D eigenvalue weighted by Gasteiger charge is 2.15. The second-order valence-electron chi connectivity index (χ2n) is 5.51. The maximum absolute atomic E-state index is 14.1. The van der Waals surface area contributed by atoms with E-state index >= 15 is 0 Å². The molecule has 128 valence electrons. The number of nitrogens with zero attached hydrogens (tertiary/aromatic N) is 4. The van der Waals surface area contributed by atoms with Crippen LogP contribution in [0.25, 0.3) is 22.8 Å². The van der Waals surface area contributed by atoms with Crippen LogP contribution in [-0.2, 0) is 0 Å². The number of rotatable bonds is 3. The highest BCUT2D eigenvalue weighted by atomic mass is 19.2. The molecule has 5 nitrogen and oxygen atoms in total. The Morgan fingerprint density at radius 3 is 2.50 bits per heavy atom. The topological polar surface area (TPSA) is 52.7 Å². The monoisotopic (exact) mass is 350 g/mol. The summed E-state index contributed by atoms with van der Waals surface area (Å²) in [6, 6.07) is 15.9. The van der Waals surface area contributed by atoms with Gasteiger partial charge in [0.15, 0.2) is 17.3 Å². The zero-order valence-corrected chi connectivity index (χ0v) is 13.4. The van der Waals surface area contributed by atoms with Gasteiger partial charge in [-0.3, -0.25) is 4.79 Å². The molecule has 0 aliphatic carbocycles. The van der Waals surface area contributed by atoms with Crippen LogP contribution < -0.4 is 5.43 Å². The Bertz CT molecular complexity index is 1140. The van der Waals surface area contributed by atoms with Gasteiger partial charge >= 0.3 is 0 Å². The summed E-state index contributed by atoms with van der Waals surface area (Å²) >= 11 is 0. The van der Waals surface area contributed by atoms with Gasteiger partial charge in [-0.1, -0.05) is 24.3 Å². The van der Waals surface area contributed by atoms with Crippen LogP contribution in [-0.4, -0.2) is 19.6 Å². The lowest BCUT2D eigenvalue weighted by Gasteiger charge is -2.10. The molecule has 4 rings (SSSR count). The summed E-state index contributed by atoms with van der Waals surface area (Å²) in [6.07, 6.45) is 2.84. The van der Waals surface area contributed by atoms with E-state index in [-0.39, 0.29) is 16.8 Å². The van der Waals surface area contributed by atoms with E-state index in [0.29, 0.717) is 5.69 Å². The Balaban J connectivity index is 1.89. The second-order valence-corrected chi connectivity index (χ2v) is 5.51. The fraction of sp³-hybridized carbons (Fsp3) is 0. The molecular weight excluding hydrogens is 338 g/mol. The van der Waals surface area contributed by atoms with Crippen LogP contribution in [0.1, 0.15) is 0 Å². The summed E-state index contributed by atoms with van der Waals surface area (Å²) in [4.78, 5) is 12.4. The van der Waals surface area contributed by atoms with E-state index in [0.717, 1.165) is 16.4 Å². The molecule has 7 heteroatoms. The molecule has 0 amide bonds. The standard InChI is InChI=1S/C19H12F2N4O/c20-14-7-4-8-15(18(14)21)24-12-10-17(26)19(23-24)16-9-11-22-25(16)13-5-2-1-3-6-13/h1-12H. The molecule has 4 aromatic rings. The number of aromatic nitrogens is 4. The van der Waals surface area contributed by atoms with Gasteiger partial charge in [-0.05, 0) is 30.3 Å². The van der Waals surface area contributed by atoms with E-state index in [1.807, 2.05) is 30.3 Å². The lowest BCUT2D eigenvalue weighted by atomic mass is 10.2. The summed E-state index contributed by atoms with van der Waals surface area (Å²) in [5, 5.41) is 8.44. The molecule has 0 aliphatic rings. The van der Waals surface area contributed by atoms with Crippen LogP contribution >= 0.6 is 0 Å². The van der Waals surface area contributed by atoms with Gasteiger partial charge in [0.2, 0.25) is 5.43 Å². The van der Waals surface area contributed by atoms with Gasteiger partial charge in [0.05, 0.1) is 17.6 Å². The molecule has 0 bridgehead atoms. The first-order chi connectivity index (χ1) is 12.6. The van der Waals surface area contributed by atoms with Crippen molar-refractivity contribution in [3.05, 3.63) is 94.9 Å². The molecule has 2 aromatic heterocycles. The summed E-state index contributed by atoms with van der Waals surface area (Å²) in [5.41, 5.74) is 0.846. The highest BCUT2D eigenvalue weighted by molar-refractivity contribution is 5.57. The van der Waals surface area contributed by atoms with Crippen LogP contribution in [0.5, 0.6) is 0 Å². The van der Waals surface area contributed by atoms with Crippen molar-refractivity contribution in [1.29, 1.82) is 0 Å². The molecule has 0 N–H and O–H groups in total. The maximum Gasteiger partial charge on any atom is 0.209 e. The molecule has 0 saturated heterocycles. The Morgan fingerprint density at radius 2 is 1.69 bits per heavy atom. The quantitative estimate of drug-likeness (QED) is 0.569. The Hall–Kier alpha value is -3.61. The van der Waals surface area contributed by atoms with E-state index in [2.05, 4.69) is 10.2 Å². The van der Waals surface area contributed by atoms with Gasteiger partial charge in [0.25, 0.3) is 0 Å². The minimum Gasteiger partial charge on any atom is -0.287 e. The second kappa shape index (κ2) is 6.36. The van der Waals surface area contributed by atoms with Crippen molar-refractivity contribution in [2.45, 2.75) is 0 Å². The number of hydrogen-bond donors (Lipinski definition) is 0. The van der Waals surface area contributed by atoms with Gasteiger partial charge < -0.3 is 0 Å². The molecule has 2 aromatic carbocycles. The van der Waals surface area contributed by atoms with Gasteiger partial charge in [0, 0.05) is 12.3 Å². The van der Waals surface area contributed by atoms with Crippen LogP contribution in [0.3, 0.4) is 0 Å². The maximum atomic E-state index is 14.1. The van der Waals surface area contributed by atoms with Crippen molar-refractivity contribution in [3.63, 3.8) is 0 Å². The average molecular weight is 350 g/mol.